The second kappa shape index (κ2) is 6.70. The van der Waals surface area contributed by atoms with Crippen molar-refractivity contribution < 1.29 is 24.2 Å². The van der Waals surface area contributed by atoms with Crippen molar-refractivity contribution >= 4 is 14.4 Å². The first-order valence-electron chi connectivity index (χ1n) is 8.19. The molecule has 1 aliphatic rings. The van der Waals surface area contributed by atoms with Gasteiger partial charge in [-0.3, -0.25) is 4.90 Å². The van der Waals surface area contributed by atoms with Crippen molar-refractivity contribution in [1.82, 2.24) is 4.90 Å². The Bertz CT molecular complexity index is 433. The van der Waals surface area contributed by atoms with E-state index in [1.165, 1.54) is 4.90 Å². The third kappa shape index (κ3) is 4.26. The van der Waals surface area contributed by atoms with Gasteiger partial charge in [0.05, 0.1) is 18.8 Å². The maximum absolute atomic E-state index is 11.7. The second-order valence-corrected chi connectivity index (χ2v) is 13.2. The maximum Gasteiger partial charge on any atom is 0.409 e. The van der Waals surface area contributed by atoms with Crippen LogP contribution in [0, 0.1) is 5.92 Å². The molecule has 7 heteroatoms. The fourth-order valence-corrected chi connectivity index (χ4v) is 4.06. The summed E-state index contributed by atoms with van der Waals surface area (Å²) in [7, 11) is -2.11. The number of carbonyl (C=O) groups is 1. The van der Waals surface area contributed by atoms with E-state index >= 15 is 0 Å². The van der Waals surface area contributed by atoms with Crippen LogP contribution in [0.1, 0.15) is 41.5 Å². The van der Waals surface area contributed by atoms with Crippen LogP contribution in [0.25, 0.3) is 0 Å². The Hall–Kier alpha value is -0.633. The fourth-order valence-electron chi connectivity index (χ4n) is 2.64. The Morgan fingerprint density at radius 1 is 1.43 bits per heavy atom. The van der Waals surface area contributed by atoms with E-state index in [1.54, 1.807) is 13.8 Å². The van der Waals surface area contributed by atoms with Crippen LogP contribution in [0.4, 0.5) is 4.79 Å². The van der Waals surface area contributed by atoms with Crippen molar-refractivity contribution in [2.45, 2.75) is 77.5 Å². The average molecular weight is 348 g/mol. The third-order valence-corrected chi connectivity index (χ3v) is 9.66. The molecule has 2 N–H and O–H groups in total. The van der Waals surface area contributed by atoms with E-state index in [0.29, 0.717) is 0 Å². The van der Waals surface area contributed by atoms with Gasteiger partial charge in [0.25, 0.3) is 0 Å². The molecule has 1 amide bonds. The van der Waals surface area contributed by atoms with Crippen molar-refractivity contribution in [3.05, 3.63) is 0 Å². The Kier molecular flexibility index (Phi) is 5.95. The van der Waals surface area contributed by atoms with Gasteiger partial charge in [-0.05, 0) is 32.0 Å². The number of nitrogens with zero attached hydrogens (tertiary/aromatic N) is 1. The number of carboxylic acid groups (broad SMARTS) is 1. The normalized spacial score (nSPS) is 24.6. The number of hydrogen-bond acceptors (Lipinski definition) is 4. The van der Waals surface area contributed by atoms with Gasteiger partial charge in [0.2, 0.25) is 0 Å². The topological polar surface area (TPSA) is 79.2 Å². The van der Waals surface area contributed by atoms with Crippen molar-refractivity contribution in [3.63, 3.8) is 0 Å². The average Bonchev–Trinajstić information content (AvgIpc) is 2.69. The van der Waals surface area contributed by atoms with Crippen LogP contribution in [0.5, 0.6) is 0 Å². The van der Waals surface area contributed by atoms with Crippen molar-refractivity contribution in [3.8, 4) is 0 Å². The van der Waals surface area contributed by atoms with Crippen LogP contribution in [0.2, 0.25) is 18.1 Å². The molecule has 1 fully saturated rings. The summed E-state index contributed by atoms with van der Waals surface area (Å²) in [6.45, 7) is 16.3. The van der Waals surface area contributed by atoms with E-state index in [9.17, 15) is 15.0 Å². The van der Waals surface area contributed by atoms with E-state index in [2.05, 4.69) is 33.9 Å². The summed E-state index contributed by atoms with van der Waals surface area (Å²) in [6, 6.07) is -0.418. The van der Waals surface area contributed by atoms with Crippen molar-refractivity contribution in [2.75, 3.05) is 13.2 Å². The zero-order valence-corrected chi connectivity index (χ0v) is 16.7. The highest BCUT2D eigenvalue weighted by atomic mass is 28.4. The molecule has 0 aromatic rings. The minimum absolute atomic E-state index is 0.00343. The predicted octanol–water partition coefficient (Wildman–Crippen LogP) is 3.12. The van der Waals surface area contributed by atoms with E-state index < -0.39 is 32.3 Å². The first kappa shape index (κ1) is 20.4. The predicted molar refractivity (Wildman–Crippen MR) is 92.0 cm³/mol. The number of aliphatic hydroxyl groups is 1. The monoisotopic (exact) mass is 347 g/mol. The zero-order valence-electron chi connectivity index (χ0n) is 15.7. The molecular weight excluding hydrogens is 314 g/mol. The lowest BCUT2D eigenvalue weighted by molar-refractivity contribution is -0.0494. The van der Waals surface area contributed by atoms with Crippen LogP contribution >= 0.6 is 0 Å². The molecule has 6 nitrogen and oxygen atoms in total. The highest BCUT2D eigenvalue weighted by molar-refractivity contribution is 6.74. The molecule has 0 saturated carbocycles. The Labute approximate surface area is 140 Å². The lowest BCUT2D eigenvalue weighted by atomic mass is 9.98. The lowest BCUT2D eigenvalue weighted by Gasteiger charge is -2.44. The van der Waals surface area contributed by atoms with Gasteiger partial charge in [-0.25, -0.2) is 4.79 Å². The van der Waals surface area contributed by atoms with Crippen LogP contribution in [0.15, 0.2) is 0 Å². The summed E-state index contributed by atoms with van der Waals surface area (Å²) in [5, 5.41) is 19.3. The number of ether oxygens (including phenoxy) is 1. The van der Waals surface area contributed by atoms with Gasteiger partial charge in [0, 0.05) is 12.5 Å². The van der Waals surface area contributed by atoms with E-state index in [0.717, 1.165) is 0 Å². The van der Waals surface area contributed by atoms with E-state index in [1.807, 2.05) is 6.92 Å². The number of amides is 1. The Morgan fingerprint density at radius 3 is 2.35 bits per heavy atom. The Morgan fingerprint density at radius 2 is 1.96 bits per heavy atom. The third-order valence-electron chi connectivity index (χ3n) is 5.19. The summed E-state index contributed by atoms with van der Waals surface area (Å²) >= 11 is 0. The maximum atomic E-state index is 11.7. The Balaban J connectivity index is 3.15. The summed E-state index contributed by atoms with van der Waals surface area (Å²) in [5.74, 6) is -0.173. The standard InChI is InChI=1S/C16H33NO5Si/c1-11(9-18)13(22-23(7,8)15(2,3)4)12-10-21-16(5,6)17(12)14(19)20/h11-13,18H,9-10H2,1-8H3,(H,19,20)/t11-,12+,13+/m0/s1. The van der Waals surface area contributed by atoms with Crippen LogP contribution in [0.3, 0.4) is 0 Å². The van der Waals surface area contributed by atoms with Gasteiger partial charge >= 0.3 is 6.09 Å². The minimum Gasteiger partial charge on any atom is -0.465 e. The van der Waals surface area contributed by atoms with Gasteiger partial charge in [0.1, 0.15) is 5.72 Å². The van der Waals surface area contributed by atoms with Gasteiger partial charge in [0.15, 0.2) is 8.32 Å². The molecule has 23 heavy (non-hydrogen) atoms. The quantitative estimate of drug-likeness (QED) is 0.747. The first-order chi connectivity index (χ1) is 10.2. The molecule has 0 radical (unpaired) electrons. The largest absolute Gasteiger partial charge is 0.465 e. The smallest absolute Gasteiger partial charge is 0.409 e. The van der Waals surface area contributed by atoms with E-state index in [-0.39, 0.29) is 24.2 Å². The molecule has 0 spiro atoms. The molecule has 1 saturated heterocycles. The molecule has 0 bridgehead atoms. The molecule has 1 rings (SSSR count). The van der Waals surface area contributed by atoms with Crippen molar-refractivity contribution in [1.29, 1.82) is 0 Å². The SMILES string of the molecule is C[C@@H](CO)[C@@H](O[Si](C)(C)C(C)(C)C)[C@H]1COC(C)(C)N1C(=O)O. The van der Waals surface area contributed by atoms with Gasteiger partial charge in [-0.15, -0.1) is 0 Å². The van der Waals surface area contributed by atoms with Gasteiger partial charge < -0.3 is 19.4 Å². The molecule has 1 aliphatic heterocycles. The number of hydrogen-bond donors (Lipinski definition) is 2. The second-order valence-electron chi connectivity index (χ2n) is 8.48. The van der Waals surface area contributed by atoms with Gasteiger partial charge in [-0.1, -0.05) is 27.7 Å². The van der Waals surface area contributed by atoms with E-state index in [4.69, 9.17) is 9.16 Å². The molecule has 0 aliphatic carbocycles. The number of rotatable bonds is 5. The molecule has 3 atom stereocenters. The van der Waals surface area contributed by atoms with Crippen LogP contribution in [-0.4, -0.2) is 60.6 Å². The summed E-state index contributed by atoms with van der Waals surface area (Å²) in [4.78, 5) is 13.1. The highest BCUT2D eigenvalue weighted by Gasteiger charge is 2.51. The molecule has 0 unspecified atom stereocenters. The van der Waals surface area contributed by atoms with Crippen molar-refractivity contribution in [2.24, 2.45) is 5.92 Å². The first-order valence-corrected chi connectivity index (χ1v) is 11.1. The van der Waals surface area contributed by atoms with Gasteiger partial charge in [-0.2, -0.15) is 0 Å². The summed E-state index contributed by atoms with van der Waals surface area (Å²) in [6.07, 6.45) is -1.41. The molecule has 0 aromatic carbocycles. The zero-order chi connectivity index (χ0) is 18.2. The molecule has 0 aromatic heterocycles. The molecule has 1 heterocycles. The van der Waals surface area contributed by atoms with Crippen LogP contribution < -0.4 is 0 Å². The summed E-state index contributed by atoms with van der Waals surface area (Å²) in [5.41, 5.74) is -0.888. The number of aliphatic hydroxyl groups excluding tert-OH is 1. The molecular formula is C16H33NO5Si. The minimum atomic E-state index is -2.11. The van der Waals surface area contributed by atoms with Crippen LogP contribution in [-0.2, 0) is 9.16 Å². The molecule has 136 valence electrons. The summed E-state index contributed by atoms with van der Waals surface area (Å²) < 4.78 is 12.2. The highest BCUT2D eigenvalue weighted by Crippen LogP contribution is 2.40. The fraction of sp³-hybridized carbons (Fsp3) is 0.938. The lowest BCUT2D eigenvalue weighted by Crippen LogP contribution is -2.57.